The average molecular weight is 340 g/mol. The zero-order valence-electron chi connectivity index (χ0n) is 13.7. The lowest BCUT2D eigenvalue weighted by Gasteiger charge is -2.36. The number of piperazine rings is 1. The maximum absolute atomic E-state index is 13.8. The van der Waals surface area contributed by atoms with Gasteiger partial charge in [0.25, 0.3) is 0 Å². The number of halogens is 2. The van der Waals surface area contributed by atoms with Gasteiger partial charge in [0.1, 0.15) is 5.69 Å². The first kappa shape index (κ1) is 17.0. The smallest absolute Gasteiger partial charge is 0.223 e. The molecule has 1 amide bonds. The van der Waals surface area contributed by atoms with E-state index < -0.39 is 17.7 Å². The van der Waals surface area contributed by atoms with Crippen LogP contribution in [0.4, 0.5) is 14.5 Å². The molecule has 0 aromatic carbocycles. The van der Waals surface area contributed by atoms with Crippen LogP contribution in [0.2, 0.25) is 0 Å². The fourth-order valence-electron chi connectivity index (χ4n) is 3.50. The van der Waals surface area contributed by atoms with Crippen molar-refractivity contribution < 1.29 is 18.7 Å². The number of hydrogen-bond acceptors (Lipinski definition) is 5. The van der Waals surface area contributed by atoms with E-state index in [1.54, 1.807) is 9.80 Å². The summed E-state index contributed by atoms with van der Waals surface area (Å²) in [6.45, 7) is 2.87. The number of β-amino-alcohol motifs (C(OH)–C–C–N with tert-alkyl or cyclic N) is 1. The van der Waals surface area contributed by atoms with E-state index in [1.807, 2.05) is 11.9 Å². The molecular formula is C16H22F2N4O2. The number of anilines is 1. The highest BCUT2D eigenvalue weighted by Gasteiger charge is 2.33. The largest absolute Gasteiger partial charge is 0.391 e. The minimum absolute atomic E-state index is 0.00956. The number of hydrogen-bond donors (Lipinski definition) is 1. The van der Waals surface area contributed by atoms with Crippen molar-refractivity contribution in [1.29, 1.82) is 0 Å². The van der Waals surface area contributed by atoms with Gasteiger partial charge in [0, 0.05) is 51.6 Å². The number of pyridine rings is 1. The lowest BCUT2D eigenvalue weighted by atomic mass is 10.0. The van der Waals surface area contributed by atoms with Gasteiger partial charge in [0.05, 0.1) is 18.5 Å². The van der Waals surface area contributed by atoms with Crippen LogP contribution in [0.25, 0.3) is 0 Å². The quantitative estimate of drug-likeness (QED) is 0.859. The van der Waals surface area contributed by atoms with Gasteiger partial charge in [-0.1, -0.05) is 0 Å². The highest BCUT2D eigenvalue weighted by atomic mass is 19.1. The van der Waals surface area contributed by atoms with E-state index in [0.717, 1.165) is 12.4 Å². The molecule has 3 rings (SSSR count). The number of carbonyl (C=O) groups is 1. The first-order chi connectivity index (χ1) is 11.5. The van der Waals surface area contributed by atoms with Crippen molar-refractivity contribution in [3.8, 4) is 0 Å². The molecule has 0 saturated carbocycles. The first-order valence-corrected chi connectivity index (χ1v) is 8.14. The van der Waals surface area contributed by atoms with Gasteiger partial charge in [-0.3, -0.25) is 9.78 Å². The number of amides is 1. The van der Waals surface area contributed by atoms with Crippen LogP contribution in [0.15, 0.2) is 12.4 Å². The van der Waals surface area contributed by atoms with E-state index in [-0.39, 0.29) is 17.5 Å². The van der Waals surface area contributed by atoms with Crippen LogP contribution >= 0.6 is 0 Å². The third-order valence-corrected chi connectivity index (χ3v) is 4.80. The van der Waals surface area contributed by atoms with Crippen LogP contribution < -0.4 is 4.90 Å². The zero-order valence-corrected chi connectivity index (χ0v) is 13.7. The number of nitrogens with zero attached hydrogens (tertiary/aromatic N) is 4. The summed E-state index contributed by atoms with van der Waals surface area (Å²) < 4.78 is 27.6. The van der Waals surface area contributed by atoms with Crippen LogP contribution in [0.3, 0.4) is 0 Å². The highest BCUT2D eigenvalue weighted by molar-refractivity contribution is 5.77. The van der Waals surface area contributed by atoms with E-state index in [1.165, 1.54) is 0 Å². The van der Waals surface area contributed by atoms with E-state index >= 15 is 0 Å². The van der Waals surface area contributed by atoms with Crippen LogP contribution in [0.1, 0.15) is 6.42 Å². The maximum atomic E-state index is 13.8. The molecule has 1 N–H and O–H groups in total. The van der Waals surface area contributed by atoms with E-state index in [4.69, 9.17) is 0 Å². The number of aliphatic hydroxyl groups is 1. The molecule has 1 aromatic heterocycles. The number of likely N-dealkylation sites (N-methyl/N-ethyl adjacent to an activating group) is 1. The number of likely N-dealkylation sites (tertiary alicyclic amines) is 1. The predicted octanol–water partition coefficient (Wildman–Crippen LogP) is 0.321. The van der Waals surface area contributed by atoms with E-state index in [0.29, 0.717) is 45.7 Å². The lowest BCUT2D eigenvalue weighted by molar-refractivity contribution is -0.133. The van der Waals surface area contributed by atoms with Gasteiger partial charge in [-0.25, -0.2) is 8.78 Å². The molecule has 8 heteroatoms. The summed E-state index contributed by atoms with van der Waals surface area (Å²) >= 11 is 0. The Bertz CT molecular complexity index is 587. The third-order valence-electron chi connectivity index (χ3n) is 4.80. The van der Waals surface area contributed by atoms with Crippen molar-refractivity contribution >= 4 is 11.6 Å². The van der Waals surface area contributed by atoms with Crippen molar-refractivity contribution in [1.82, 2.24) is 14.8 Å². The summed E-state index contributed by atoms with van der Waals surface area (Å²) in [5.41, 5.74) is -0.0788. The zero-order chi connectivity index (χ0) is 17.3. The lowest BCUT2D eigenvalue weighted by Crippen LogP contribution is -2.49. The monoisotopic (exact) mass is 340 g/mol. The molecule has 132 valence electrons. The summed E-state index contributed by atoms with van der Waals surface area (Å²) in [6, 6.07) is 0. The molecule has 24 heavy (non-hydrogen) atoms. The summed E-state index contributed by atoms with van der Waals surface area (Å²) in [5, 5.41) is 9.95. The minimum Gasteiger partial charge on any atom is -0.391 e. The van der Waals surface area contributed by atoms with Crippen LogP contribution in [-0.4, -0.2) is 78.2 Å². The Morgan fingerprint density at radius 1 is 1.21 bits per heavy atom. The molecule has 0 aliphatic carbocycles. The molecule has 2 saturated heterocycles. The van der Waals surface area contributed by atoms with Gasteiger partial charge in [0.2, 0.25) is 5.91 Å². The molecule has 6 nitrogen and oxygen atoms in total. The number of carbonyl (C=O) groups excluding carboxylic acids is 1. The Morgan fingerprint density at radius 2 is 1.83 bits per heavy atom. The molecule has 2 aliphatic heterocycles. The van der Waals surface area contributed by atoms with Crippen molar-refractivity contribution in [3.63, 3.8) is 0 Å². The Hall–Kier alpha value is -1.80. The topological polar surface area (TPSA) is 59.9 Å². The second-order valence-electron chi connectivity index (χ2n) is 6.57. The van der Waals surface area contributed by atoms with Crippen LogP contribution in [0.5, 0.6) is 0 Å². The van der Waals surface area contributed by atoms with Crippen LogP contribution in [-0.2, 0) is 4.79 Å². The van der Waals surface area contributed by atoms with Crippen molar-refractivity contribution in [2.75, 3.05) is 51.2 Å². The Labute approximate surface area is 139 Å². The van der Waals surface area contributed by atoms with Gasteiger partial charge in [-0.2, -0.15) is 0 Å². The second kappa shape index (κ2) is 6.98. The SMILES string of the molecule is CN1C[C@@H](CC(=O)N2CCN(c3c(F)cncc3F)CC2)[C@H](O)C1. The predicted molar refractivity (Wildman–Crippen MR) is 84.6 cm³/mol. The van der Waals surface area contributed by atoms with Gasteiger partial charge in [-0.05, 0) is 7.05 Å². The normalized spacial score (nSPS) is 25.3. The molecule has 2 fully saturated rings. The summed E-state index contributed by atoms with van der Waals surface area (Å²) in [4.78, 5) is 21.2. The fourth-order valence-corrected chi connectivity index (χ4v) is 3.50. The molecule has 0 bridgehead atoms. The molecule has 1 aromatic rings. The summed E-state index contributed by atoms with van der Waals surface area (Å²) in [5.74, 6) is -1.43. The number of aromatic nitrogens is 1. The Balaban J connectivity index is 1.56. The average Bonchev–Trinajstić information content (AvgIpc) is 2.85. The third kappa shape index (κ3) is 3.49. The van der Waals surface area contributed by atoms with Crippen molar-refractivity contribution in [2.24, 2.45) is 5.92 Å². The standard InChI is InChI=1S/C16H22F2N4O2/c1-20-9-11(14(23)10-20)6-15(24)21-2-4-22(5-3-21)16-12(17)7-19-8-13(16)18/h7-8,11,14,23H,2-6,9-10H2,1H3/t11-,14-/m1/s1. The van der Waals surface area contributed by atoms with Gasteiger partial charge >= 0.3 is 0 Å². The molecular weight excluding hydrogens is 318 g/mol. The second-order valence-corrected chi connectivity index (χ2v) is 6.57. The number of rotatable bonds is 3. The van der Waals surface area contributed by atoms with E-state index in [9.17, 15) is 18.7 Å². The highest BCUT2D eigenvalue weighted by Crippen LogP contribution is 2.24. The van der Waals surface area contributed by atoms with Crippen molar-refractivity contribution in [2.45, 2.75) is 12.5 Å². The van der Waals surface area contributed by atoms with Gasteiger partial charge in [-0.15, -0.1) is 0 Å². The molecule has 2 atom stereocenters. The van der Waals surface area contributed by atoms with Gasteiger partial charge < -0.3 is 19.8 Å². The van der Waals surface area contributed by atoms with E-state index in [2.05, 4.69) is 4.98 Å². The molecule has 3 heterocycles. The summed E-state index contributed by atoms with van der Waals surface area (Å²) in [6.07, 6.45) is 1.82. The van der Waals surface area contributed by atoms with Crippen LogP contribution in [0, 0.1) is 17.6 Å². The molecule has 0 unspecified atom stereocenters. The molecule has 0 spiro atoms. The van der Waals surface area contributed by atoms with Gasteiger partial charge in [0.15, 0.2) is 11.6 Å². The Morgan fingerprint density at radius 3 is 2.38 bits per heavy atom. The first-order valence-electron chi connectivity index (χ1n) is 8.14. The number of aliphatic hydroxyl groups excluding tert-OH is 1. The van der Waals surface area contributed by atoms with Crippen molar-refractivity contribution in [3.05, 3.63) is 24.0 Å². The Kier molecular flexibility index (Phi) is 4.96. The fraction of sp³-hybridized carbons (Fsp3) is 0.625. The minimum atomic E-state index is -0.688. The summed E-state index contributed by atoms with van der Waals surface area (Å²) in [7, 11) is 1.92. The maximum Gasteiger partial charge on any atom is 0.223 e. The molecule has 0 radical (unpaired) electrons. The molecule has 2 aliphatic rings.